The summed E-state index contributed by atoms with van der Waals surface area (Å²) in [6, 6.07) is 9.94. The van der Waals surface area contributed by atoms with Crippen LogP contribution < -0.4 is 4.90 Å². The lowest BCUT2D eigenvalue weighted by Crippen LogP contribution is -2.21. The van der Waals surface area contributed by atoms with Gasteiger partial charge in [-0.15, -0.1) is 0 Å². The maximum atomic E-state index is 6.32. The fourth-order valence-corrected chi connectivity index (χ4v) is 2.89. The second kappa shape index (κ2) is 6.58. The number of aromatic nitrogens is 3. The molecule has 0 spiro atoms. The van der Waals surface area contributed by atoms with Gasteiger partial charge in [-0.1, -0.05) is 23.7 Å². The van der Waals surface area contributed by atoms with Crippen LogP contribution in [0, 0.1) is 0 Å². The number of benzene rings is 1. The van der Waals surface area contributed by atoms with E-state index in [1.807, 2.05) is 49.1 Å². The van der Waals surface area contributed by atoms with Crippen LogP contribution in [-0.4, -0.2) is 40.6 Å². The smallest absolute Gasteiger partial charge is 0.140 e. The quantitative estimate of drug-likeness (QED) is 0.764. The number of fused-ring (bicyclic) bond motifs is 1. The second-order valence-corrected chi connectivity index (χ2v) is 6.43. The molecule has 0 amide bonds. The molecule has 0 radical (unpaired) electrons. The summed E-state index contributed by atoms with van der Waals surface area (Å²) in [5.74, 6) is 2.72. The number of nitrogens with one attached hydrogen (secondary N) is 1. The highest BCUT2D eigenvalue weighted by Crippen LogP contribution is 2.29. The van der Waals surface area contributed by atoms with Crippen LogP contribution in [0.15, 0.2) is 36.5 Å². The first-order chi connectivity index (χ1) is 10.7. The van der Waals surface area contributed by atoms with Gasteiger partial charge in [-0.3, -0.25) is 0 Å². The number of anilines is 1. The molecule has 0 aliphatic heterocycles. The fourth-order valence-electron chi connectivity index (χ4n) is 2.24. The van der Waals surface area contributed by atoms with E-state index in [9.17, 15) is 0 Å². The van der Waals surface area contributed by atoms with Gasteiger partial charge in [0, 0.05) is 31.1 Å². The van der Waals surface area contributed by atoms with Crippen molar-refractivity contribution < 1.29 is 0 Å². The van der Waals surface area contributed by atoms with E-state index >= 15 is 0 Å². The third-order valence-electron chi connectivity index (χ3n) is 3.51. The number of thioether (sulfide) groups is 1. The predicted octanol–water partition coefficient (Wildman–Crippen LogP) is 4.08. The van der Waals surface area contributed by atoms with Crippen LogP contribution in [0.1, 0.15) is 0 Å². The number of pyridine rings is 1. The lowest BCUT2D eigenvalue weighted by Gasteiger charge is -2.18. The Morgan fingerprint density at radius 3 is 2.91 bits per heavy atom. The van der Waals surface area contributed by atoms with Crippen molar-refractivity contribution in [1.29, 1.82) is 0 Å². The lowest BCUT2D eigenvalue weighted by atomic mass is 10.2. The first kappa shape index (κ1) is 15.2. The molecule has 0 fully saturated rings. The molecule has 0 unspecified atom stereocenters. The van der Waals surface area contributed by atoms with Gasteiger partial charge in [0.15, 0.2) is 0 Å². The van der Waals surface area contributed by atoms with E-state index in [2.05, 4.69) is 26.1 Å². The zero-order valence-corrected chi connectivity index (χ0v) is 14.1. The van der Waals surface area contributed by atoms with E-state index in [1.165, 1.54) is 0 Å². The number of hydrogen-bond acceptors (Lipinski definition) is 4. The van der Waals surface area contributed by atoms with Crippen molar-refractivity contribution in [2.45, 2.75) is 0 Å². The number of rotatable bonds is 5. The van der Waals surface area contributed by atoms with Crippen molar-refractivity contribution in [3.8, 4) is 11.4 Å². The van der Waals surface area contributed by atoms with Gasteiger partial charge in [-0.25, -0.2) is 9.97 Å². The first-order valence-corrected chi connectivity index (χ1v) is 8.77. The highest BCUT2D eigenvalue weighted by atomic mass is 35.5. The average molecular weight is 333 g/mol. The second-order valence-electron chi connectivity index (χ2n) is 5.04. The molecule has 2 heterocycles. The largest absolute Gasteiger partial charge is 0.359 e. The molecule has 1 aromatic carbocycles. The molecule has 2 aromatic heterocycles. The molecule has 1 N–H and O–H groups in total. The maximum Gasteiger partial charge on any atom is 0.140 e. The molecule has 0 saturated heterocycles. The SMILES string of the molecule is CSCCN(C)c1cc(-c2nc3ccccc3[nH]2)c(Cl)cn1. The standard InChI is InChI=1S/C16H17ClN4S/c1-21(7-8-22-2)15-9-11(12(17)10-18-15)16-19-13-5-3-4-6-14(13)20-16/h3-6,9-10H,7-8H2,1-2H3,(H,19,20). The Kier molecular flexibility index (Phi) is 4.55. The molecule has 0 atom stereocenters. The van der Waals surface area contributed by atoms with Gasteiger partial charge in [0.2, 0.25) is 0 Å². The van der Waals surface area contributed by atoms with Gasteiger partial charge in [0.25, 0.3) is 0 Å². The number of halogens is 1. The van der Waals surface area contributed by atoms with E-state index in [4.69, 9.17) is 11.6 Å². The van der Waals surface area contributed by atoms with Gasteiger partial charge in [-0.05, 0) is 24.5 Å². The molecule has 6 heteroatoms. The molecular weight excluding hydrogens is 316 g/mol. The summed E-state index contributed by atoms with van der Waals surface area (Å²) in [7, 11) is 2.04. The lowest BCUT2D eigenvalue weighted by molar-refractivity contribution is 0.947. The van der Waals surface area contributed by atoms with Gasteiger partial charge in [0.05, 0.1) is 16.1 Å². The van der Waals surface area contributed by atoms with Crippen LogP contribution >= 0.6 is 23.4 Å². The van der Waals surface area contributed by atoms with Crippen LogP contribution in [0.5, 0.6) is 0 Å². The Labute approximate surface area is 138 Å². The third-order valence-corrected chi connectivity index (χ3v) is 4.40. The molecule has 0 saturated carbocycles. The average Bonchev–Trinajstić information content (AvgIpc) is 2.96. The molecule has 22 heavy (non-hydrogen) atoms. The first-order valence-electron chi connectivity index (χ1n) is 7.00. The van der Waals surface area contributed by atoms with Crippen LogP contribution in [0.3, 0.4) is 0 Å². The van der Waals surface area contributed by atoms with Gasteiger partial charge < -0.3 is 9.88 Å². The molecule has 0 bridgehead atoms. The molecule has 4 nitrogen and oxygen atoms in total. The summed E-state index contributed by atoms with van der Waals surface area (Å²) < 4.78 is 0. The van der Waals surface area contributed by atoms with Crippen molar-refractivity contribution in [3.63, 3.8) is 0 Å². The molecule has 3 aromatic rings. The Balaban J connectivity index is 1.98. The van der Waals surface area contributed by atoms with Crippen LogP contribution in [0.4, 0.5) is 5.82 Å². The molecule has 0 aliphatic rings. The van der Waals surface area contributed by atoms with Crippen LogP contribution in [0.25, 0.3) is 22.4 Å². The van der Waals surface area contributed by atoms with Gasteiger partial charge in [-0.2, -0.15) is 11.8 Å². The molecular formula is C16H17ClN4S. The number of hydrogen-bond donors (Lipinski definition) is 1. The Morgan fingerprint density at radius 2 is 2.14 bits per heavy atom. The van der Waals surface area contributed by atoms with Crippen molar-refractivity contribution in [1.82, 2.24) is 15.0 Å². The Bertz CT molecular complexity index is 754. The molecule has 3 rings (SSSR count). The number of aromatic amines is 1. The summed E-state index contributed by atoms with van der Waals surface area (Å²) >= 11 is 8.14. The number of H-pyrrole nitrogens is 1. The minimum absolute atomic E-state index is 0.598. The number of para-hydroxylation sites is 2. The zero-order valence-electron chi connectivity index (χ0n) is 12.5. The van der Waals surface area contributed by atoms with Crippen LogP contribution in [0.2, 0.25) is 5.02 Å². The summed E-state index contributed by atoms with van der Waals surface area (Å²) in [5, 5.41) is 0.598. The van der Waals surface area contributed by atoms with Crippen LogP contribution in [-0.2, 0) is 0 Å². The number of imidazole rings is 1. The highest BCUT2D eigenvalue weighted by molar-refractivity contribution is 7.98. The normalized spacial score (nSPS) is 11.0. The van der Waals surface area contributed by atoms with E-state index in [-0.39, 0.29) is 0 Å². The van der Waals surface area contributed by atoms with E-state index in [1.54, 1.807) is 6.20 Å². The number of nitrogens with zero attached hydrogens (tertiary/aromatic N) is 3. The minimum Gasteiger partial charge on any atom is -0.359 e. The highest BCUT2D eigenvalue weighted by Gasteiger charge is 2.12. The van der Waals surface area contributed by atoms with E-state index < -0.39 is 0 Å². The summed E-state index contributed by atoms with van der Waals surface area (Å²) in [5.41, 5.74) is 2.81. The van der Waals surface area contributed by atoms with Crippen molar-refractivity contribution in [2.24, 2.45) is 0 Å². The Morgan fingerprint density at radius 1 is 1.32 bits per heavy atom. The van der Waals surface area contributed by atoms with Crippen molar-refractivity contribution >= 4 is 40.2 Å². The molecule has 0 aliphatic carbocycles. The minimum atomic E-state index is 0.598. The zero-order chi connectivity index (χ0) is 15.5. The summed E-state index contributed by atoms with van der Waals surface area (Å²) in [4.78, 5) is 14.5. The topological polar surface area (TPSA) is 44.8 Å². The van der Waals surface area contributed by atoms with E-state index in [0.717, 1.165) is 40.5 Å². The maximum absolute atomic E-state index is 6.32. The van der Waals surface area contributed by atoms with E-state index in [0.29, 0.717) is 5.02 Å². The predicted molar refractivity (Wildman–Crippen MR) is 96.0 cm³/mol. The third kappa shape index (κ3) is 3.05. The van der Waals surface area contributed by atoms with Gasteiger partial charge >= 0.3 is 0 Å². The van der Waals surface area contributed by atoms with Gasteiger partial charge in [0.1, 0.15) is 11.6 Å². The molecule has 114 valence electrons. The van der Waals surface area contributed by atoms with Crippen molar-refractivity contribution in [2.75, 3.05) is 30.5 Å². The van der Waals surface area contributed by atoms with Crippen molar-refractivity contribution in [3.05, 3.63) is 41.6 Å². The summed E-state index contributed by atoms with van der Waals surface area (Å²) in [6.07, 6.45) is 3.79. The Hall–Kier alpha value is -1.72. The summed E-state index contributed by atoms with van der Waals surface area (Å²) in [6.45, 7) is 0.940. The fraction of sp³-hybridized carbons (Fsp3) is 0.250. The monoisotopic (exact) mass is 332 g/mol.